The molecule has 0 saturated heterocycles. The van der Waals surface area contributed by atoms with Crippen LogP contribution in [0.4, 0.5) is 5.69 Å². The van der Waals surface area contributed by atoms with E-state index >= 15 is 0 Å². The molecule has 0 aliphatic heterocycles. The van der Waals surface area contributed by atoms with Crippen molar-refractivity contribution in [2.75, 3.05) is 5.32 Å². The second-order valence-corrected chi connectivity index (χ2v) is 4.45. The normalized spacial score (nSPS) is 10.4. The second-order valence-electron chi connectivity index (χ2n) is 4.45. The van der Waals surface area contributed by atoms with Crippen molar-refractivity contribution in [1.82, 2.24) is 0 Å². The Morgan fingerprint density at radius 2 is 1.87 bits per heavy atom. The van der Waals surface area contributed by atoms with Crippen molar-refractivity contribution in [3.05, 3.63) is 42.0 Å². The van der Waals surface area contributed by atoms with Crippen molar-refractivity contribution in [1.29, 1.82) is 0 Å². The van der Waals surface area contributed by atoms with Gasteiger partial charge in [-0.3, -0.25) is 0 Å². The molecule has 0 fully saturated rings. The maximum Gasteiger partial charge on any atom is 0.0342 e. The van der Waals surface area contributed by atoms with Crippen molar-refractivity contribution in [2.24, 2.45) is 0 Å². The van der Waals surface area contributed by atoms with E-state index in [1.165, 1.54) is 16.8 Å². The molecule has 0 unspecified atom stereocenters. The SMILES string of the molecule is C=C(C)CCc1ccc(NC(C)C)cc1. The van der Waals surface area contributed by atoms with Crippen LogP contribution in [0, 0.1) is 0 Å². The highest BCUT2D eigenvalue weighted by molar-refractivity contribution is 5.45. The zero-order chi connectivity index (χ0) is 11.3. The monoisotopic (exact) mass is 203 g/mol. The van der Waals surface area contributed by atoms with E-state index in [0.29, 0.717) is 6.04 Å². The number of allylic oxidation sites excluding steroid dienone is 1. The number of benzene rings is 1. The first kappa shape index (κ1) is 11.8. The summed E-state index contributed by atoms with van der Waals surface area (Å²) in [6, 6.07) is 9.16. The summed E-state index contributed by atoms with van der Waals surface area (Å²) in [6.07, 6.45) is 2.17. The third kappa shape index (κ3) is 4.68. The number of hydrogen-bond donors (Lipinski definition) is 1. The number of aryl methyl sites for hydroxylation is 1. The van der Waals surface area contributed by atoms with Gasteiger partial charge in [-0.25, -0.2) is 0 Å². The summed E-state index contributed by atoms with van der Waals surface area (Å²) in [5.41, 5.74) is 3.83. The first-order valence-electron chi connectivity index (χ1n) is 5.58. The average molecular weight is 203 g/mol. The molecule has 1 heteroatoms. The van der Waals surface area contributed by atoms with Gasteiger partial charge in [-0.2, -0.15) is 0 Å². The lowest BCUT2D eigenvalue weighted by Gasteiger charge is -2.10. The van der Waals surface area contributed by atoms with E-state index in [-0.39, 0.29) is 0 Å². The third-order valence-electron chi connectivity index (χ3n) is 2.25. The van der Waals surface area contributed by atoms with Crippen LogP contribution in [0.15, 0.2) is 36.4 Å². The number of nitrogens with one attached hydrogen (secondary N) is 1. The van der Waals surface area contributed by atoms with E-state index < -0.39 is 0 Å². The highest BCUT2D eigenvalue weighted by atomic mass is 14.9. The van der Waals surface area contributed by atoms with Crippen molar-refractivity contribution in [2.45, 2.75) is 39.7 Å². The maximum atomic E-state index is 3.91. The van der Waals surface area contributed by atoms with E-state index in [9.17, 15) is 0 Å². The van der Waals surface area contributed by atoms with E-state index in [1.807, 2.05) is 0 Å². The van der Waals surface area contributed by atoms with Crippen LogP contribution in [0.25, 0.3) is 0 Å². The van der Waals surface area contributed by atoms with Gasteiger partial charge < -0.3 is 5.32 Å². The molecule has 15 heavy (non-hydrogen) atoms. The molecule has 1 nitrogen and oxygen atoms in total. The Kier molecular flexibility index (Phi) is 4.41. The molecule has 0 amide bonds. The van der Waals surface area contributed by atoms with E-state index in [1.54, 1.807) is 0 Å². The van der Waals surface area contributed by atoms with Crippen molar-refractivity contribution in [3.63, 3.8) is 0 Å². The van der Waals surface area contributed by atoms with E-state index in [2.05, 4.69) is 56.9 Å². The Balaban J connectivity index is 2.52. The number of anilines is 1. The zero-order valence-corrected chi connectivity index (χ0v) is 10.0. The summed E-state index contributed by atoms with van der Waals surface area (Å²) < 4.78 is 0. The summed E-state index contributed by atoms with van der Waals surface area (Å²) in [4.78, 5) is 0. The van der Waals surface area contributed by atoms with Gasteiger partial charge in [0, 0.05) is 11.7 Å². The Morgan fingerprint density at radius 3 is 2.33 bits per heavy atom. The lowest BCUT2D eigenvalue weighted by Crippen LogP contribution is -2.09. The Hall–Kier alpha value is -1.24. The topological polar surface area (TPSA) is 12.0 Å². The first-order chi connectivity index (χ1) is 7.08. The molecular formula is C14H21N. The molecule has 0 atom stereocenters. The van der Waals surface area contributed by atoms with Crippen LogP contribution in [0.3, 0.4) is 0 Å². The summed E-state index contributed by atoms with van der Waals surface area (Å²) in [6.45, 7) is 10.3. The van der Waals surface area contributed by atoms with E-state index in [4.69, 9.17) is 0 Å². The van der Waals surface area contributed by atoms with Gasteiger partial charge in [0.25, 0.3) is 0 Å². The summed E-state index contributed by atoms with van der Waals surface area (Å²) in [5.74, 6) is 0. The highest BCUT2D eigenvalue weighted by Gasteiger charge is 1.96. The van der Waals surface area contributed by atoms with Crippen LogP contribution >= 0.6 is 0 Å². The lowest BCUT2D eigenvalue weighted by molar-refractivity contribution is 0.898. The fourth-order valence-electron chi connectivity index (χ4n) is 1.46. The van der Waals surface area contributed by atoms with Crippen LogP contribution in [-0.4, -0.2) is 6.04 Å². The van der Waals surface area contributed by atoms with Gasteiger partial charge in [-0.05, 0) is 51.3 Å². The molecule has 0 radical (unpaired) electrons. The largest absolute Gasteiger partial charge is 0.383 e. The molecule has 1 rings (SSSR count). The van der Waals surface area contributed by atoms with Gasteiger partial charge in [0.1, 0.15) is 0 Å². The molecule has 0 aromatic heterocycles. The summed E-state index contributed by atoms with van der Waals surface area (Å²) in [7, 11) is 0. The van der Waals surface area contributed by atoms with Crippen molar-refractivity contribution >= 4 is 5.69 Å². The molecule has 1 aromatic rings. The molecular weight excluding hydrogens is 182 g/mol. The van der Waals surface area contributed by atoms with Crippen LogP contribution in [0.5, 0.6) is 0 Å². The fraction of sp³-hybridized carbons (Fsp3) is 0.429. The van der Waals surface area contributed by atoms with Crippen LogP contribution in [-0.2, 0) is 6.42 Å². The summed E-state index contributed by atoms with van der Waals surface area (Å²) >= 11 is 0. The minimum atomic E-state index is 0.492. The second kappa shape index (κ2) is 5.59. The minimum Gasteiger partial charge on any atom is -0.383 e. The van der Waals surface area contributed by atoms with Crippen molar-refractivity contribution in [3.8, 4) is 0 Å². The molecule has 1 N–H and O–H groups in total. The van der Waals surface area contributed by atoms with Gasteiger partial charge >= 0.3 is 0 Å². The summed E-state index contributed by atoms with van der Waals surface area (Å²) in [5, 5.41) is 3.38. The molecule has 0 aliphatic rings. The molecule has 0 aliphatic carbocycles. The predicted molar refractivity (Wildman–Crippen MR) is 68.3 cm³/mol. The highest BCUT2D eigenvalue weighted by Crippen LogP contribution is 2.13. The third-order valence-corrected chi connectivity index (χ3v) is 2.25. The van der Waals surface area contributed by atoms with Crippen LogP contribution < -0.4 is 5.32 Å². The Morgan fingerprint density at radius 1 is 1.27 bits per heavy atom. The van der Waals surface area contributed by atoms with Gasteiger partial charge in [0.05, 0.1) is 0 Å². The van der Waals surface area contributed by atoms with Crippen LogP contribution in [0.1, 0.15) is 32.8 Å². The first-order valence-corrected chi connectivity index (χ1v) is 5.58. The smallest absolute Gasteiger partial charge is 0.0342 e. The molecule has 0 saturated carbocycles. The van der Waals surface area contributed by atoms with Crippen molar-refractivity contribution < 1.29 is 0 Å². The molecule has 0 spiro atoms. The molecule has 82 valence electrons. The standard InChI is InChI=1S/C14H21N/c1-11(2)5-6-13-7-9-14(10-8-13)15-12(3)4/h7-10,12,15H,1,5-6H2,2-4H3. The maximum absolute atomic E-state index is 3.91. The van der Waals surface area contributed by atoms with Gasteiger partial charge in [0.15, 0.2) is 0 Å². The predicted octanol–water partition coefficient (Wildman–Crippen LogP) is 4.02. The Bertz CT molecular complexity index is 309. The van der Waals surface area contributed by atoms with Gasteiger partial charge in [0.2, 0.25) is 0 Å². The number of hydrogen-bond acceptors (Lipinski definition) is 1. The fourth-order valence-corrected chi connectivity index (χ4v) is 1.46. The quantitative estimate of drug-likeness (QED) is 0.713. The Labute approximate surface area is 93.2 Å². The molecule has 0 bridgehead atoms. The van der Waals surface area contributed by atoms with Crippen LogP contribution in [0.2, 0.25) is 0 Å². The molecule has 1 aromatic carbocycles. The zero-order valence-electron chi connectivity index (χ0n) is 10.0. The van der Waals surface area contributed by atoms with E-state index in [0.717, 1.165) is 12.8 Å². The average Bonchev–Trinajstić information content (AvgIpc) is 2.16. The van der Waals surface area contributed by atoms with Gasteiger partial charge in [-0.1, -0.05) is 17.7 Å². The number of rotatable bonds is 5. The van der Waals surface area contributed by atoms with Gasteiger partial charge in [-0.15, -0.1) is 6.58 Å². The minimum absolute atomic E-state index is 0.492. The lowest BCUT2D eigenvalue weighted by atomic mass is 10.1. The molecule has 0 heterocycles.